The molecule has 0 radical (unpaired) electrons. The van der Waals surface area contributed by atoms with Gasteiger partial charge in [-0.2, -0.15) is 0 Å². The highest BCUT2D eigenvalue weighted by Crippen LogP contribution is 2.33. The Bertz CT molecular complexity index is 534. The molecule has 2 unspecified atom stereocenters. The van der Waals surface area contributed by atoms with Crippen LogP contribution in [0.25, 0.3) is 0 Å². The Morgan fingerprint density at radius 1 is 1.60 bits per heavy atom. The molecular formula is C16H20N2O2. The lowest BCUT2D eigenvalue weighted by Gasteiger charge is -2.15. The van der Waals surface area contributed by atoms with Crippen molar-refractivity contribution in [3.8, 4) is 18.1 Å². The van der Waals surface area contributed by atoms with Crippen LogP contribution in [-0.4, -0.2) is 25.6 Å². The normalized spacial score (nSPS) is 17.9. The number of hydrogen-bond donors (Lipinski definition) is 2. The van der Waals surface area contributed by atoms with E-state index in [0.29, 0.717) is 6.04 Å². The lowest BCUT2D eigenvalue weighted by Crippen LogP contribution is -2.36. The van der Waals surface area contributed by atoms with E-state index in [1.165, 1.54) is 11.1 Å². The fourth-order valence-corrected chi connectivity index (χ4v) is 2.51. The van der Waals surface area contributed by atoms with E-state index in [9.17, 15) is 4.79 Å². The fraction of sp³-hybridized carbons (Fsp3) is 0.438. The number of ether oxygens (including phenoxy) is 1. The smallest absolute Gasteiger partial charge is 0.261 e. The van der Waals surface area contributed by atoms with Crippen molar-refractivity contribution in [1.82, 2.24) is 10.6 Å². The lowest BCUT2D eigenvalue weighted by molar-refractivity contribution is -0.126. The van der Waals surface area contributed by atoms with Gasteiger partial charge in [-0.3, -0.25) is 4.79 Å². The first-order valence-electron chi connectivity index (χ1n) is 6.83. The second kappa shape index (κ2) is 6.44. The molecule has 1 aliphatic rings. The van der Waals surface area contributed by atoms with Crippen LogP contribution in [0.15, 0.2) is 18.2 Å². The van der Waals surface area contributed by atoms with Crippen molar-refractivity contribution in [2.45, 2.75) is 31.9 Å². The predicted molar refractivity (Wildman–Crippen MR) is 78.5 cm³/mol. The molecule has 2 rings (SSSR count). The number of fused-ring (bicyclic) bond motifs is 1. The van der Waals surface area contributed by atoms with Crippen LogP contribution in [-0.2, 0) is 11.2 Å². The van der Waals surface area contributed by atoms with Crippen LogP contribution in [0.5, 0.6) is 5.75 Å². The zero-order valence-corrected chi connectivity index (χ0v) is 11.9. The van der Waals surface area contributed by atoms with Crippen LogP contribution in [0.1, 0.15) is 30.5 Å². The van der Waals surface area contributed by atoms with E-state index in [2.05, 4.69) is 22.6 Å². The molecule has 1 aromatic rings. The van der Waals surface area contributed by atoms with Gasteiger partial charge < -0.3 is 15.4 Å². The van der Waals surface area contributed by atoms with Crippen molar-refractivity contribution in [2.24, 2.45) is 0 Å². The van der Waals surface area contributed by atoms with Crippen molar-refractivity contribution in [3.05, 3.63) is 29.3 Å². The molecule has 0 spiro atoms. The number of benzene rings is 1. The molecule has 0 saturated carbocycles. The molecule has 1 amide bonds. The van der Waals surface area contributed by atoms with Crippen molar-refractivity contribution in [3.63, 3.8) is 0 Å². The summed E-state index contributed by atoms with van der Waals surface area (Å²) in [5.74, 6) is 2.90. The molecule has 0 fully saturated rings. The molecule has 2 atom stereocenters. The molecule has 4 nitrogen and oxygen atoms in total. The second-order valence-corrected chi connectivity index (χ2v) is 4.92. The van der Waals surface area contributed by atoms with E-state index in [0.717, 1.165) is 18.6 Å². The Balaban J connectivity index is 2.01. The van der Waals surface area contributed by atoms with Crippen LogP contribution in [0.3, 0.4) is 0 Å². The minimum atomic E-state index is -0.553. The van der Waals surface area contributed by atoms with Crippen molar-refractivity contribution in [2.75, 3.05) is 13.6 Å². The molecule has 0 bridgehead atoms. The highest BCUT2D eigenvalue weighted by atomic mass is 16.5. The van der Waals surface area contributed by atoms with E-state index in [1.807, 2.05) is 19.2 Å². The highest BCUT2D eigenvalue weighted by molar-refractivity contribution is 5.80. The molecule has 0 aromatic heterocycles. The minimum Gasteiger partial charge on any atom is -0.481 e. The predicted octanol–water partition coefficient (Wildman–Crippen LogP) is 1.41. The zero-order valence-electron chi connectivity index (χ0n) is 11.9. The van der Waals surface area contributed by atoms with Crippen LogP contribution >= 0.6 is 0 Å². The maximum atomic E-state index is 11.7. The third-order valence-corrected chi connectivity index (χ3v) is 3.59. The van der Waals surface area contributed by atoms with Crippen molar-refractivity contribution in [1.29, 1.82) is 0 Å². The SMILES string of the molecule is C#CCNC(=O)C(C)Oc1ccc2c(c1)CCC2NC. The number of nitrogens with one attached hydrogen (secondary N) is 2. The first kappa shape index (κ1) is 14.4. The van der Waals surface area contributed by atoms with Gasteiger partial charge in [0.05, 0.1) is 6.54 Å². The molecule has 2 N–H and O–H groups in total. The highest BCUT2D eigenvalue weighted by Gasteiger charge is 2.22. The van der Waals surface area contributed by atoms with Gasteiger partial charge in [-0.25, -0.2) is 0 Å². The van der Waals surface area contributed by atoms with Gasteiger partial charge >= 0.3 is 0 Å². The summed E-state index contributed by atoms with van der Waals surface area (Å²) in [6.45, 7) is 1.94. The zero-order chi connectivity index (χ0) is 14.5. The van der Waals surface area contributed by atoms with Crippen LogP contribution in [0, 0.1) is 12.3 Å². The molecule has 106 valence electrons. The summed E-state index contributed by atoms with van der Waals surface area (Å²) in [4.78, 5) is 11.7. The Hall–Kier alpha value is -1.99. The topological polar surface area (TPSA) is 50.4 Å². The Kier molecular flexibility index (Phi) is 4.65. The number of hydrogen-bond acceptors (Lipinski definition) is 3. The Morgan fingerprint density at radius 3 is 3.10 bits per heavy atom. The van der Waals surface area contributed by atoms with E-state index >= 15 is 0 Å². The van der Waals surface area contributed by atoms with Gasteiger partial charge in [0.2, 0.25) is 0 Å². The second-order valence-electron chi connectivity index (χ2n) is 4.92. The molecule has 0 saturated heterocycles. The molecule has 4 heteroatoms. The standard InChI is InChI=1S/C16H20N2O2/c1-4-9-18-16(19)11(2)20-13-6-7-14-12(10-13)5-8-15(14)17-3/h1,6-7,10-11,15,17H,5,8-9H2,2-3H3,(H,18,19). The molecular weight excluding hydrogens is 252 g/mol. The summed E-state index contributed by atoms with van der Waals surface area (Å²) in [6.07, 6.45) is 6.69. The molecule has 0 aliphatic heterocycles. The van der Waals surface area contributed by atoms with E-state index < -0.39 is 6.10 Å². The van der Waals surface area contributed by atoms with Crippen molar-refractivity contribution >= 4 is 5.91 Å². The number of carbonyl (C=O) groups excluding carboxylic acids is 1. The van der Waals surface area contributed by atoms with Gasteiger partial charge in [-0.05, 0) is 50.1 Å². The first-order valence-corrected chi connectivity index (χ1v) is 6.83. The maximum absolute atomic E-state index is 11.7. The summed E-state index contributed by atoms with van der Waals surface area (Å²) in [5, 5.41) is 5.91. The Labute approximate surface area is 119 Å². The van der Waals surface area contributed by atoms with Gasteiger partial charge in [0.1, 0.15) is 5.75 Å². The van der Waals surface area contributed by atoms with E-state index in [1.54, 1.807) is 6.92 Å². The third kappa shape index (κ3) is 3.12. The van der Waals surface area contributed by atoms with Gasteiger partial charge in [-0.15, -0.1) is 6.42 Å². The van der Waals surface area contributed by atoms with Crippen LogP contribution < -0.4 is 15.4 Å². The van der Waals surface area contributed by atoms with E-state index in [4.69, 9.17) is 11.2 Å². The van der Waals surface area contributed by atoms with Crippen LogP contribution in [0.2, 0.25) is 0 Å². The summed E-state index contributed by atoms with van der Waals surface area (Å²) >= 11 is 0. The summed E-state index contributed by atoms with van der Waals surface area (Å²) in [7, 11) is 1.97. The van der Waals surface area contributed by atoms with E-state index in [-0.39, 0.29) is 12.5 Å². The number of rotatable bonds is 5. The van der Waals surface area contributed by atoms with Gasteiger partial charge in [0, 0.05) is 6.04 Å². The van der Waals surface area contributed by atoms with Crippen LogP contribution in [0.4, 0.5) is 0 Å². The summed E-state index contributed by atoms with van der Waals surface area (Å²) in [5.41, 5.74) is 2.61. The third-order valence-electron chi connectivity index (χ3n) is 3.59. The number of aryl methyl sites for hydroxylation is 1. The largest absolute Gasteiger partial charge is 0.481 e. The molecule has 1 aliphatic carbocycles. The van der Waals surface area contributed by atoms with Gasteiger partial charge in [0.25, 0.3) is 5.91 Å². The quantitative estimate of drug-likeness (QED) is 0.797. The first-order chi connectivity index (χ1) is 9.65. The lowest BCUT2D eigenvalue weighted by atomic mass is 10.1. The van der Waals surface area contributed by atoms with Gasteiger partial charge in [-0.1, -0.05) is 12.0 Å². The number of amides is 1. The number of terminal acetylenes is 1. The molecule has 20 heavy (non-hydrogen) atoms. The Morgan fingerprint density at radius 2 is 2.40 bits per heavy atom. The summed E-state index contributed by atoms with van der Waals surface area (Å²) < 4.78 is 5.67. The fourth-order valence-electron chi connectivity index (χ4n) is 2.51. The van der Waals surface area contributed by atoms with Crippen molar-refractivity contribution < 1.29 is 9.53 Å². The summed E-state index contributed by atoms with van der Waals surface area (Å²) in [6, 6.07) is 6.44. The molecule has 1 aromatic carbocycles. The number of carbonyl (C=O) groups is 1. The minimum absolute atomic E-state index is 0.198. The monoisotopic (exact) mass is 272 g/mol. The molecule has 0 heterocycles. The average molecular weight is 272 g/mol. The van der Waals surface area contributed by atoms with Gasteiger partial charge in [0.15, 0.2) is 6.10 Å². The average Bonchev–Trinajstić information content (AvgIpc) is 2.86. The maximum Gasteiger partial charge on any atom is 0.261 e.